The first kappa shape index (κ1) is 25.4. The van der Waals surface area contributed by atoms with Gasteiger partial charge in [-0.25, -0.2) is 4.39 Å². The van der Waals surface area contributed by atoms with Gasteiger partial charge in [0, 0.05) is 58.3 Å². The van der Waals surface area contributed by atoms with Crippen molar-refractivity contribution in [1.82, 2.24) is 24.9 Å². The van der Waals surface area contributed by atoms with Crippen molar-refractivity contribution in [3.05, 3.63) is 52.6 Å². The number of rotatable bonds is 8. The van der Waals surface area contributed by atoms with Crippen LogP contribution in [-0.4, -0.2) is 64.0 Å². The Hall–Kier alpha value is -3.23. The number of hydrogen-bond donors (Lipinski definition) is 1. The molecule has 0 spiro atoms. The van der Waals surface area contributed by atoms with Gasteiger partial charge < -0.3 is 15.1 Å². The third kappa shape index (κ3) is 6.01. The summed E-state index contributed by atoms with van der Waals surface area (Å²) in [6.45, 7) is 5.29. The molecule has 0 bridgehead atoms. The molecule has 1 aromatic heterocycles. The van der Waals surface area contributed by atoms with Gasteiger partial charge in [0.1, 0.15) is 5.82 Å². The molecule has 0 unspecified atom stereocenters. The van der Waals surface area contributed by atoms with E-state index in [-0.39, 0.29) is 24.3 Å². The minimum atomic E-state index is -0.507. The van der Waals surface area contributed by atoms with Gasteiger partial charge in [-0.05, 0) is 37.3 Å². The molecule has 3 amide bonds. The number of likely N-dealkylation sites (tertiary alicyclic amines) is 1. The molecule has 8 nitrogen and oxygen atoms in total. The van der Waals surface area contributed by atoms with E-state index in [4.69, 9.17) is 0 Å². The maximum atomic E-state index is 14.4. The summed E-state index contributed by atoms with van der Waals surface area (Å²) in [7, 11) is 3.67. The summed E-state index contributed by atoms with van der Waals surface area (Å²) in [5.74, 6) is -0.678. The molecule has 184 valence electrons. The summed E-state index contributed by atoms with van der Waals surface area (Å²) in [6, 6.07) is 4.37. The van der Waals surface area contributed by atoms with Gasteiger partial charge in [-0.1, -0.05) is 19.4 Å². The highest BCUT2D eigenvalue weighted by atomic mass is 19.1. The summed E-state index contributed by atoms with van der Waals surface area (Å²) < 4.78 is 16.1. The Morgan fingerprint density at radius 2 is 1.94 bits per heavy atom. The average molecular weight is 472 g/mol. The molecule has 9 heteroatoms. The van der Waals surface area contributed by atoms with Crippen molar-refractivity contribution in [3.63, 3.8) is 0 Å². The predicted octanol–water partition coefficient (Wildman–Crippen LogP) is 2.77. The van der Waals surface area contributed by atoms with E-state index in [1.807, 2.05) is 14.1 Å². The van der Waals surface area contributed by atoms with E-state index in [0.717, 1.165) is 31.4 Å². The topological polar surface area (TPSA) is 87.5 Å². The maximum Gasteiger partial charge on any atom is 0.257 e. The lowest BCUT2D eigenvalue weighted by molar-refractivity contribution is -0.119. The van der Waals surface area contributed by atoms with Gasteiger partial charge >= 0.3 is 0 Å². The third-order valence-electron chi connectivity index (χ3n) is 6.39. The van der Waals surface area contributed by atoms with Gasteiger partial charge in [-0.15, -0.1) is 0 Å². The second-order valence-electron chi connectivity index (χ2n) is 9.02. The summed E-state index contributed by atoms with van der Waals surface area (Å²) >= 11 is 0. The van der Waals surface area contributed by atoms with Gasteiger partial charge in [0.05, 0.1) is 17.5 Å². The molecule has 1 N–H and O–H groups in total. The lowest BCUT2D eigenvalue weighted by atomic mass is 9.95. The van der Waals surface area contributed by atoms with Gasteiger partial charge in [0.15, 0.2) is 0 Å². The van der Waals surface area contributed by atoms with E-state index in [9.17, 15) is 18.8 Å². The van der Waals surface area contributed by atoms with Crippen LogP contribution in [0.4, 0.5) is 4.39 Å². The second-order valence-corrected chi connectivity index (χ2v) is 9.02. The molecule has 3 rings (SSSR count). The number of amides is 3. The number of aryl methyl sites for hydroxylation is 1. The molecular weight excluding hydrogens is 437 g/mol. The van der Waals surface area contributed by atoms with Crippen molar-refractivity contribution in [2.75, 3.05) is 26.7 Å². The molecule has 2 heterocycles. The Morgan fingerprint density at radius 1 is 1.24 bits per heavy atom. The van der Waals surface area contributed by atoms with E-state index in [0.29, 0.717) is 42.2 Å². The van der Waals surface area contributed by atoms with Crippen LogP contribution in [0.3, 0.4) is 0 Å². The monoisotopic (exact) mass is 471 g/mol. The Kier molecular flexibility index (Phi) is 8.41. The smallest absolute Gasteiger partial charge is 0.257 e. The van der Waals surface area contributed by atoms with Crippen LogP contribution in [0.2, 0.25) is 0 Å². The van der Waals surface area contributed by atoms with E-state index in [1.54, 1.807) is 26.7 Å². The number of nitrogens with one attached hydrogen (secondary N) is 1. The standard InChI is InChI=1S/C25H34FN5O3/c1-5-6-23-21(15-28-30(23)4)25(34)29(3)16-18-9-11-31(12-10-18)24(33)19-7-8-20(22(26)13-19)14-27-17(2)32/h7-8,13,15,18H,5-6,9-12,14,16H2,1-4H3,(H,27,32). The van der Waals surface area contributed by atoms with Gasteiger partial charge in [-0.3, -0.25) is 19.1 Å². The number of carbonyl (C=O) groups is 3. The predicted molar refractivity (Wildman–Crippen MR) is 127 cm³/mol. The van der Waals surface area contributed by atoms with Crippen molar-refractivity contribution in [3.8, 4) is 0 Å². The molecule has 1 saturated heterocycles. The fraction of sp³-hybridized carbons (Fsp3) is 0.520. The van der Waals surface area contributed by atoms with Gasteiger partial charge in [-0.2, -0.15) is 5.10 Å². The number of carbonyl (C=O) groups excluding carboxylic acids is 3. The number of hydrogen-bond acceptors (Lipinski definition) is 4. The SMILES string of the molecule is CCCc1c(C(=O)N(C)CC2CCN(C(=O)c3ccc(CNC(C)=O)c(F)c3)CC2)cnn1C. The van der Waals surface area contributed by atoms with Crippen molar-refractivity contribution in [2.45, 2.75) is 46.1 Å². The number of benzene rings is 1. The lowest BCUT2D eigenvalue weighted by Crippen LogP contribution is -2.42. The lowest BCUT2D eigenvalue weighted by Gasteiger charge is -2.34. The minimum absolute atomic E-state index is 0.0233. The average Bonchev–Trinajstić information content (AvgIpc) is 3.18. The number of piperidine rings is 1. The summed E-state index contributed by atoms with van der Waals surface area (Å²) in [6.07, 6.45) is 4.95. The maximum absolute atomic E-state index is 14.4. The highest BCUT2D eigenvalue weighted by Gasteiger charge is 2.27. The van der Waals surface area contributed by atoms with Gasteiger partial charge in [0.25, 0.3) is 11.8 Å². The summed E-state index contributed by atoms with van der Waals surface area (Å²) in [5.41, 5.74) is 2.25. The first-order chi connectivity index (χ1) is 16.2. The number of aromatic nitrogens is 2. The van der Waals surface area contributed by atoms with E-state index in [1.165, 1.54) is 19.1 Å². The highest BCUT2D eigenvalue weighted by molar-refractivity contribution is 5.95. The molecule has 0 aliphatic carbocycles. The van der Waals surface area contributed by atoms with Crippen LogP contribution in [0.25, 0.3) is 0 Å². The molecule has 1 aliphatic heterocycles. The van der Waals surface area contributed by atoms with Crippen LogP contribution in [0.15, 0.2) is 24.4 Å². The zero-order valence-corrected chi connectivity index (χ0v) is 20.4. The molecule has 2 aromatic rings. The molecule has 0 atom stereocenters. The van der Waals surface area contributed by atoms with Crippen LogP contribution in [0.5, 0.6) is 0 Å². The second kappa shape index (κ2) is 11.3. The highest BCUT2D eigenvalue weighted by Crippen LogP contribution is 2.22. The van der Waals surface area contributed by atoms with Gasteiger partial charge in [0.2, 0.25) is 5.91 Å². The summed E-state index contributed by atoms with van der Waals surface area (Å²) in [4.78, 5) is 40.4. The Bertz CT molecular complexity index is 1040. The fourth-order valence-corrected chi connectivity index (χ4v) is 4.40. The number of halogens is 1. The van der Waals surface area contributed by atoms with E-state index >= 15 is 0 Å². The van der Waals surface area contributed by atoms with Crippen LogP contribution in [0, 0.1) is 11.7 Å². The Morgan fingerprint density at radius 3 is 2.56 bits per heavy atom. The van der Waals surface area contributed by atoms with Crippen LogP contribution in [-0.2, 0) is 24.8 Å². The molecule has 1 fully saturated rings. The van der Waals surface area contributed by atoms with E-state index in [2.05, 4.69) is 17.3 Å². The first-order valence-corrected chi connectivity index (χ1v) is 11.8. The number of nitrogens with zero attached hydrogens (tertiary/aromatic N) is 4. The largest absolute Gasteiger partial charge is 0.352 e. The van der Waals surface area contributed by atoms with Crippen LogP contribution in [0.1, 0.15) is 65.1 Å². The van der Waals surface area contributed by atoms with E-state index < -0.39 is 5.82 Å². The van der Waals surface area contributed by atoms with Crippen molar-refractivity contribution >= 4 is 17.7 Å². The normalized spacial score (nSPS) is 14.2. The Labute approximate surface area is 200 Å². The zero-order valence-electron chi connectivity index (χ0n) is 20.4. The molecule has 1 aromatic carbocycles. The minimum Gasteiger partial charge on any atom is -0.352 e. The molecule has 34 heavy (non-hydrogen) atoms. The molecule has 1 aliphatic rings. The van der Waals surface area contributed by atoms with Crippen LogP contribution < -0.4 is 5.32 Å². The molecular formula is C25H34FN5O3. The third-order valence-corrected chi connectivity index (χ3v) is 6.39. The fourth-order valence-electron chi connectivity index (χ4n) is 4.40. The van der Waals surface area contributed by atoms with Crippen molar-refractivity contribution in [1.29, 1.82) is 0 Å². The quantitative estimate of drug-likeness (QED) is 0.641. The molecule has 0 radical (unpaired) electrons. The Balaban J connectivity index is 1.54. The summed E-state index contributed by atoms with van der Waals surface area (Å²) in [5, 5.41) is 6.81. The van der Waals surface area contributed by atoms with Crippen molar-refractivity contribution in [2.24, 2.45) is 13.0 Å². The molecule has 0 saturated carbocycles. The zero-order chi connectivity index (χ0) is 24.8. The first-order valence-electron chi connectivity index (χ1n) is 11.8. The van der Waals surface area contributed by atoms with Crippen LogP contribution >= 0.6 is 0 Å². The van der Waals surface area contributed by atoms with Crippen molar-refractivity contribution < 1.29 is 18.8 Å².